The molecule has 0 unspecified atom stereocenters. The first-order valence-electron chi connectivity index (χ1n) is 5.79. The SMILES string of the molecule is COCCNc1ncncc1CNC(C)(C)C. The molecule has 5 nitrogen and oxygen atoms in total. The predicted molar refractivity (Wildman–Crippen MR) is 69.0 cm³/mol. The maximum absolute atomic E-state index is 5.00. The fraction of sp³-hybridized carbons (Fsp3) is 0.667. The van der Waals surface area contributed by atoms with Crippen molar-refractivity contribution in [3.05, 3.63) is 18.1 Å². The molecule has 1 aromatic rings. The van der Waals surface area contributed by atoms with Crippen LogP contribution >= 0.6 is 0 Å². The van der Waals surface area contributed by atoms with Crippen LogP contribution in [0.4, 0.5) is 5.82 Å². The van der Waals surface area contributed by atoms with E-state index in [0.29, 0.717) is 6.61 Å². The second-order valence-electron chi connectivity index (χ2n) is 4.92. The zero-order valence-corrected chi connectivity index (χ0v) is 11.1. The van der Waals surface area contributed by atoms with Crippen LogP contribution in [0.5, 0.6) is 0 Å². The molecule has 1 rings (SSSR count). The van der Waals surface area contributed by atoms with Crippen LogP contribution in [0.25, 0.3) is 0 Å². The van der Waals surface area contributed by atoms with E-state index in [2.05, 4.69) is 41.4 Å². The van der Waals surface area contributed by atoms with Gasteiger partial charge in [0.05, 0.1) is 6.61 Å². The van der Waals surface area contributed by atoms with Crippen LogP contribution in [0, 0.1) is 0 Å². The van der Waals surface area contributed by atoms with Crippen molar-refractivity contribution in [1.29, 1.82) is 0 Å². The van der Waals surface area contributed by atoms with E-state index in [1.807, 2.05) is 6.20 Å². The minimum Gasteiger partial charge on any atom is -0.383 e. The van der Waals surface area contributed by atoms with Crippen molar-refractivity contribution in [2.75, 3.05) is 25.6 Å². The van der Waals surface area contributed by atoms with E-state index in [4.69, 9.17) is 4.74 Å². The Kier molecular flexibility index (Phi) is 5.31. The van der Waals surface area contributed by atoms with E-state index in [0.717, 1.165) is 24.5 Å². The number of aromatic nitrogens is 2. The molecule has 1 aromatic heterocycles. The summed E-state index contributed by atoms with van der Waals surface area (Å²) in [5, 5.41) is 6.65. The smallest absolute Gasteiger partial charge is 0.133 e. The van der Waals surface area contributed by atoms with Crippen molar-refractivity contribution in [3.63, 3.8) is 0 Å². The molecule has 17 heavy (non-hydrogen) atoms. The number of ether oxygens (including phenoxy) is 1. The summed E-state index contributed by atoms with van der Waals surface area (Å²) >= 11 is 0. The number of anilines is 1. The molecule has 0 aliphatic rings. The molecule has 0 amide bonds. The van der Waals surface area contributed by atoms with Gasteiger partial charge in [-0.15, -0.1) is 0 Å². The fourth-order valence-electron chi connectivity index (χ4n) is 1.28. The third-order valence-corrected chi connectivity index (χ3v) is 2.20. The van der Waals surface area contributed by atoms with Crippen LogP contribution < -0.4 is 10.6 Å². The quantitative estimate of drug-likeness (QED) is 0.734. The van der Waals surface area contributed by atoms with Crippen LogP contribution in [0.15, 0.2) is 12.5 Å². The minimum atomic E-state index is 0.0830. The van der Waals surface area contributed by atoms with Crippen LogP contribution in [-0.2, 0) is 11.3 Å². The van der Waals surface area contributed by atoms with Gasteiger partial charge in [0.1, 0.15) is 12.1 Å². The van der Waals surface area contributed by atoms with Crippen LogP contribution in [0.3, 0.4) is 0 Å². The zero-order valence-electron chi connectivity index (χ0n) is 11.1. The van der Waals surface area contributed by atoms with Gasteiger partial charge in [-0.1, -0.05) is 0 Å². The monoisotopic (exact) mass is 238 g/mol. The summed E-state index contributed by atoms with van der Waals surface area (Å²) in [7, 11) is 1.68. The lowest BCUT2D eigenvalue weighted by atomic mass is 10.1. The molecule has 96 valence electrons. The van der Waals surface area contributed by atoms with Gasteiger partial charge in [-0.2, -0.15) is 0 Å². The first kappa shape index (κ1) is 13.9. The summed E-state index contributed by atoms with van der Waals surface area (Å²) in [6.07, 6.45) is 3.39. The largest absolute Gasteiger partial charge is 0.383 e. The molecule has 0 aromatic carbocycles. The average molecular weight is 238 g/mol. The highest BCUT2D eigenvalue weighted by Gasteiger charge is 2.10. The minimum absolute atomic E-state index is 0.0830. The second-order valence-corrected chi connectivity index (χ2v) is 4.92. The van der Waals surface area contributed by atoms with Gasteiger partial charge in [0.15, 0.2) is 0 Å². The molecule has 0 atom stereocenters. The molecule has 0 saturated heterocycles. The topological polar surface area (TPSA) is 59.1 Å². The predicted octanol–water partition coefficient (Wildman–Crippen LogP) is 1.42. The molecular weight excluding hydrogens is 216 g/mol. The van der Waals surface area contributed by atoms with Crippen molar-refractivity contribution < 1.29 is 4.74 Å². The Morgan fingerprint density at radius 1 is 1.35 bits per heavy atom. The van der Waals surface area contributed by atoms with Crippen LogP contribution in [0.1, 0.15) is 26.3 Å². The lowest BCUT2D eigenvalue weighted by Crippen LogP contribution is -2.35. The molecule has 0 fully saturated rings. The van der Waals surface area contributed by atoms with Gasteiger partial charge in [-0.25, -0.2) is 9.97 Å². The Hall–Kier alpha value is -1.20. The lowest BCUT2D eigenvalue weighted by molar-refractivity contribution is 0.210. The van der Waals surface area contributed by atoms with Gasteiger partial charge in [0, 0.05) is 37.5 Å². The highest BCUT2D eigenvalue weighted by Crippen LogP contribution is 2.11. The Morgan fingerprint density at radius 2 is 2.12 bits per heavy atom. The first-order valence-corrected chi connectivity index (χ1v) is 5.79. The highest BCUT2D eigenvalue weighted by molar-refractivity contribution is 5.41. The van der Waals surface area contributed by atoms with Gasteiger partial charge in [0.2, 0.25) is 0 Å². The van der Waals surface area contributed by atoms with Gasteiger partial charge in [-0.05, 0) is 20.8 Å². The Morgan fingerprint density at radius 3 is 2.76 bits per heavy atom. The summed E-state index contributed by atoms with van der Waals surface area (Å²) in [6, 6.07) is 0. The third kappa shape index (κ3) is 5.60. The fourth-order valence-corrected chi connectivity index (χ4v) is 1.28. The summed E-state index contributed by atoms with van der Waals surface area (Å²) in [6.45, 7) is 8.56. The van der Waals surface area contributed by atoms with E-state index in [1.54, 1.807) is 13.4 Å². The molecule has 0 saturated carbocycles. The number of nitrogens with zero attached hydrogens (tertiary/aromatic N) is 2. The molecule has 2 N–H and O–H groups in total. The van der Waals surface area contributed by atoms with E-state index in [9.17, 15) is 0 Å². The van der Waals surface area contributed by atoms with Gasteiger partial charge < -0.3 is 15.4 Å². The molecule has 1 heterocycles. The van der Waals surface area contributed by atoms with E-state index in [1.165, 1.54) is 0 Å². The van der Waals surface area contributed by atoms with E-state index < -0.39 is 0 Å². The van der Waals surface area contributed by atoms with Crippen molar-refractivity contribution in [2.45, 2.75) is 32.9 Å². The molecule has 0 bridgehead atoms. The lowest BCUT2D eigenvalue weighted by Gasteiger charge is -2.21. The molecule has 0 spiro atoms. The Labute approximate surface area is 103 Å². The number of hydrogen-bond donors (Lipinski definition) is 2. The first-order chi connectivity index (χ1) is 8.03. The molecule has 0 radical (unpaired) electrons. The van der Waals surface area contributed by atoms with E-state index in [-0.39, 0.29) is 5.54 Å². The number of methoxy groups -OCH3 is 1. The Bertz CT molecular complexity index is 336. The summed E-state index contributed by atoms with van der Waals surface area (Å²) in [4.78, 5) is 8.29. The number of rotatable bonds is 6. The highest BCUT2D eigenvalue weighted by atomic mass is 16.5. The van der Waals surface area contributed by atoms with Crippen LogP contribution in [-0.4, -0.2) is 35.8 Å². The maximum Gasteiger partial charge on any atom is 0.133 e. The molecular formula is C12H22N4O. The van der Waals surface area contributed by atoms with Crippen molar-refractivity contribution in [1.82, 2.24) is 15.3 Å². The van der Waals surface area contributed by atoms with Gasteiger partial charge >= 0.3 is 0 Å². The molecule has 0 aliphatic heterocycles. The third-order valence-electron chi connectivity index (χ3n) is 2.20. The van der Waals surface area contributed by atoms with Gasteiger partial charge in [0.25, 0.3) is 0 Å². The molecule has 0 aliphatic carbocycles. The number of nitrogens with one attached hydrogen (secondary N) is 2. The van der Waals surface area contributed by atoms with Crippen LogP contribution in [0.2, 0.25) is 0 Å². The van der Waals surface area contributed by atoms with Crippen molar-refractivity contribution in [2.24, 2.45) is 0 Å². The van der Waals surface area contributed by atoms with Crippen molar-refractivity contribution in [3.8, 4) is 0 Å². The summed E-state index contributed by atoms with van der Waals surface area (Å²) < 4.78 is 5.00. The summed E-state index contributed by atoms with van der Waals surface area (Å²) in [5.41, 5.74) is 1.15. The second kappa shape index (κ2) is 6.51. The zero-order chi connectivity index (χ0) is 12.7. The summed E-state index contributed by atoms with van der Waals surface area (Å²) in [5.74, 6) is 0.869. The number of hydrogen-bond acceptors (Lipinski definition) is 5. The van der Waals surface area contributed by atoms with E-state index >= 15 is 0 Å². The standard InChI is InChI=1S/C12H22N4O/c1-12(2,3)16-8-10-7-13-9-15-11(10)14-5-6-17-4/h7,9,16H,5-6,8H2,1-4H3,(H,13,14,15). The van der Waals surface area contributed by atoms with Gasteiger partial charge in [-0.3, -0.25) is 0 Å². The molecule has 5 heteroatoms. The maximum atomic E-state index is 5.00. The Balaban J connectivity index is 2.58. The normalized spacial score (nSPS) is 11.5. The average Bonchev–Trinajstić information content (AvgIpc) is 2.27. The van der Waals surface area contributed by atoms with Crippen molar-refractivity contribution >= 4 is 5.82 Å².